The van der Waals surface area contributed by atoms with E-state index >= 15 is 0 Å². The molecule has 8 nitrogen and oxygen atoms in total. The molecule has 0 amide bonds. The maximum Gasteiger partial charge on any atom is 0.348 e. The molecule has 10 heteroatoms. The summed E-state index contributed by atoms with van der Waals surface area (Å²) < 4.78 is 37.2. The number of carbonyl (C=O) groups is 2. The molecule has 2 heterocycles. The van der Waals surface area contributed by atoms with Crippen LogP contribution in [-0.4, -0.2) is 39.6 Å². The molecule has 2 aromatic rings. The van der Waals surface area contributed by atoms with E-state index in [-0.39, 0.29) is 20.2 Å². The second-order valence-corrected chi connectivity index (χ2v) is 8.26. The van der Waals surface area contributed by atoms with Gasteiger partial charge in [-0.05, 0) is 31.0 Å². The Morgan fingerprint density at radius 1 is 1.23 bits per heavy atom. The number of carbonyl (C=O) groups excluding carboxylic acids is 2. The van der Waals surface area contributed by atoms with E-state index in [0.29, 0.717) is 16.9 Å². The highest BCUT2D eigenvalue weighted by atomic mass is 32.2. The van der Waals surface area contributed by atoms with Crippen molar-refractivity contribution in [3.8, 4) is 0 Å². The zero-order chi connectivity index (χ0) is 19.5. The monoisotopic (exact) mass is 398 g/mol. The Balaban J connectivity index is 2.51. The van der Waals surface area contributed by atoms with Crippen LogP contribution >= 0.6 is 11.3 Å². The van der Waals surface area contributed by atoms with E-state index in [4.69, 9.17) is 0 Å². The van der Waals surface area contributed by atoms with Gasteiger partial charge in [-0.1, -0.05) is 6.07 Å². The van der Waals surface area contributed by atoms with Gasteiger partial charge in [0.2, 0.25) is 0 Å². The molecule has 0 aliphatic carbocycles. The van der Waals surface area contributed by atoms with E-state index < -0.39 is 28.0 Å². The number of rotatable bonds is 6. The smallest absolute Gasteiger partial charge is 0.348 e. The summed E-state index contributed by atoms with van der Waals surface area (Å²) in [4.78, 5) is 28.0. The number of ether oxygens (including phenoxy) is 2. The number of esters is 2. The third-order valence-electron chi connectivity index (χ3n) is 3.64. The van der Waals surface area contributed by atoms with Crippen molar-refractivity contribution in [3.63, 3.8) is 0 Å². The summed E-state index contributed by atoms with van der Waals surface area (Å²) in [5.74, 6) is -1.57. The molecule has 2 aromatic heterocycles. The summed E-state index contributed by atoms with van der Waals surface area (Å²) in [6, 6.07) is 2.81. The largest absolute Gasteiger partial charge is 0.465 e. The van der Waals surface area contributed by atoms with E-state index in [1.165, 1.54) is 20.2 Å². The van der Waals surface area contributed by atoms with Gasteiger partial charge < -0.3 is 9.47 Å². The van der Waals surface area contributed by atoms with Gasteiger partial charge in [0, 0.05) is 18.4 Å². The Bertz CT molecular complexity index is 922. The van der Waals surface area contributed by atoms with Crippen LogP contribution in [-0.2, 0) is 19.5 Å². The van der Waals surface area contributed by atoms with Crippen LogP contribution in [0.1, 0.15) is 44.1 Å². The van der Waals surface area contributed by atoms with Crippen LogP contribution in [0.3, 0.4) is 0 Å². The summed E-state index contributed by atoms with van der Waals surface area (Å²) in [5.41, 5.74) is 0.670. The molecule has 0 saturated heterocycles. The van der Waals surface area contributed by atoms with Crippen molar-refractivity contribution in [2.24, 2.45) is 0 Å². The van der Waals surface area contributed by atoms with E-state index in [9.17, 15) is 18.0 Å². The van der Waals surface area contributed by atoms with Gasteiger partial charge in [0.05, 0.1) is 19.8 Å². The first-order valence-corrected chi connectivity index (χ1v) is 9.75. The Kier molecular flexibility index (Phi) is 6.11. The van der Waals surface area contributed by atoms with Crippen LogP contribution in [0.4, 0.5) is 0 Å². The first kappa shape index (κ1) is 20.0. The van der Waals surface area contributed by atoms with Crippen LogP contribution in [0, 0.1) is 6.92 Å². The summed E-state index contributed by atoms with van der Waals surface area (Å²) >= 11 is 0.665. The molecule has 0 saturated carbocycles. The van der Waals surface area contributed by atoms with Crippen molar-refractivity contribution in [1.82, 2.24) is 9.71 Å². The highest BCUT2D eigenvalue weighted by Crippen LogP contribution is 2.33. The number of hydrogen-bond donors (Lipinski definition) is 1. The van der Waals surface area contributed by atoms with Crippen molar-refractivity contribution in [3.05, 3.63) is 46.1 Å². The van der Waals surface area contributed by atoms with Crippen LogP contribution < -0.4 is 4.72 Å². The lowest BCUT2D eigenvalue weighted by Crippen LogP contribution is -2.27. The van der Waals surface area contributed by atoms with E-state index in [1.807, 2.05) is 0 Å². The van der Waals surface area contributed by atoms with Crippen molar-refractivity contribution < 1.29 is 27.5 Å². The average Bonchev–Trinajstić information content (AvgIpc) is 2.99. The molecule has 1 unspecified atom stereocenters. The number of nitrogens with one attached hydrogen (secondary N) is 1. The molecule has 140 valence electrons. The molecule has 0 bridgehead atoms. The number of pyridine rings is 1. The maximum absolute atomic E-state index is 12.9. The predicted octanol–water partition coefficient (Wildman–Crippen LogP) is 2.06. The minimum absolute atomic E-state index is 0.0299. The molecular weight excluding hydrogens is 380 g/mol. The van der Waals surface area contributed by atoms with Crippen molar-refractivity contribution >= 4 is 33.3 Å². The molecule has 0 aliphatic heterocycles. The van der Waals surface area contributed by atoms with Gasteiger partial charge in [-0.15, -0.1) is 11.3 Å². The normalized spacial score (nSPS) is 12.5. The third-order valence-corrected chi connectivity index (χ3v) is 6.97. The second kappa shape index (κ2) is 7.94. The van der Waals surface area contributed by atoms with Gasteiger partial charge in [0.25, 0.3) is 10.0 Å². The Morgan fingerprint density at radius 2 is 1.88 bits per heavy atom. The summed E-state index contributed by atoms with van der Waals surface area (Å²) in [5, 5.41) is 0. The fourth-order valence-corrected chi connectivity index (χ4v) is 5.28. The predicted molar refractivity (Wildman–Crippen MR) is 94.7 cm³/mol. The summed E-state index contributed by atoms with van der Waals surface area (Å²) in [7, 11) is -1.79. The minimum atomic E-state index is -4.10. The van der Waals surface area contributed by atoms with Crippen molar-refractivity contribution in [2.75, 3.05) is 14.2 Å². The van der Waals surface area contributed by atoms with Crippen molar-refractivity contribution in [1.29, 1.82) is 0 Å². The maximum atomic E-state index is 12.9. The van der Waals surface area contributed by atoms with Gasteiger partial charge in [-0.3, -0.25) is 4.98 Å². The Labute approximate surface area is 155 Å². The van der Waals surface area contributed by atoms with Gasteiger partial charge >= 0.3 is 11.9 Å². The fraction of sp³-hybridized carbons (Fsp3) is 0.312. The van der Waals surface area contributed by atoms with Crippen molar-refractivity contribution in [2.45, 2.75) is 24.1 Å². The zero-order valence-electron chi connectivity index (χ0n) is 14.6. The Morgan fingerprint density at radius 3 is 2.42 bits per heavy atom. The third kappa shape index (κ3) is 3.92. The highest BCUT2D eigenvalue weighted by Gasteiger charge is 2.33. The molecule has 0 aromatic carbocycles. The molecule has 0 aliphatic rings. The number of aromatic nitrogens is 1. The molecule has 0 radical (unpaired) electrons. The van der Waals surface area contributed by atoms with Crippen LogP contribution in [0.5, 0.6) is 0 Å². The van der Waals surface area contributed by atoms with Gasteiger partial charge in [-0.25, -0.2) is 22.7 Å². The molecule has 1 atom stereocenters. The second-order valence-electron chi connectivity index (χ2n) is 5.33. The SMILES string of the molecule is COC(=O)c1sc(S(=O)(=O)NC(C)c2cccnc2)c(C(=O)OC)c1C. The standard InChI is InChI=1S/C16H18N2O6S2/c1-9-12(14(19)23-3)16(25-13(9)15(20)24-4)26(21,22)18-10(2)11-6-5-7-17-8-11/h5-8,10,18H,1-4H3. The first-order valence-electron chi connectivity index (χ1n) is 7.45. The highest BCUT2D eigenvalue weighted by molar-refractivity contribution is 7.91. The lowest BCUT2D eigenvalue weighted by atomic mass is 10.2. The molecule has 0 spiro atoms. The number of hydrogen-bond acceptors (Lipinski definition) is 8. The quantitative estimate of drug-likeness (QED) is 0.741. The van der Waals surface area contributed by atoms with Crippen LogP contribution in [0.25, 0.3) is 0 Å². The number of nitrogens with zero attached hydrogens (tertiary/aromatic N) is 1. The molecule has 26 heavy (non-hydrogen) atoms. The molecule has 2 rings (SSSR count). The topological polar surface area (TPSA) is 112 Å². The molecule has 1 N–H and O–H groups in total. The fourth-order valence-electron chi connectivity index (χ4n) is 2.29. The molecular formula is C16H18N2O6S2. The zero-order valence-corrected chi connectivity index (χ0v) is 16.2. The van der Waals surface area contributed by atoms with E-state index in [0.717, 1.165) is 7.11 Å². The van der Waals surface area contributed by atoms with E-state index in [1.54, 1.807) is 25.3 Å². The lowest BCUT2D eigenvalue weighted by Gasteiger charge is -2.14. The first-order chi connectivity index (χ1) is 12.2. The molecule has 0 fully saturated rings. The number of thiophene rings is 1. The number of sulfonamides is 1. The van der Waals surface area contributed by atoms with Gasteiger partial charge in [0.1, 0.15) is 4.88 Å². The minimum Gasteiger partial charge on any atom is -0.465 e. The average molecular weight is 398 g/mol. The Hall–Kier alpha value is -2.30. The van der Waals surface area contributed by atoms with Gasteiger partial charge in [0.15, 0.2) is 4.21 Å². The van der Waals surface area contributed by atoms with Crippen LogP contribution in [0.15, 0.2) is 28.7 Å². The lowest BCUT2D eigenvalue weighted by molar-refractivity contribution is 0.0596. The van der Waals surface area contributed by atoms with Crippen LogP contribution in [0.2, 0.25) is 0 Å². The number of methoxy groups -OCH3 is 2. The summed E-state index contributed by atoms with van der Waals surface area (Å²) in [6.07, 6.45) is 3.11. The van der Waals surface area contributed by atoms with Gasteiger partial charge in [-0.2, -0.15) is 0 Å². The summed E-state index contributed by atoms with van der Waals surface area (Å²) in [6.45, 7) is 3.12. The van der Waals surface area contributed by atoms with E-state index in [2.05, 4.69) is 19.2 Å².